The Balaban J connectivity index is 1.88. The van der Waals surface area contributed by atoms with Crippen molar-refractivity contribution in [3.8, 4) is 0 Å². The molecule has 10 nitrogen and oxygen atoms in total. The molecule has 0 fully saturated rings. The van der Waals surface area contributed by atoms with E-state index in [1.165, 1.54) is 0 Å². The van der Waals surface area contributed by atoms with Crippen LogP contribution >= 0.6 is 46.4 Å². The lowest BCUT2D eigenvalue weighted by atomic mass is 10.2. The largest absolute Gasteiger partial charge is 0.326 e. The van der Waals surface area contributed by atoms with Gasteiger partial charge in [0, 0.05) is 31.3 Å². The van der Waals surface area contributed by atoms with Crippen molar-refractivity contribution in [3.63, 3.8) is 0 Å². The predicted octanol–water partition coefficient (Wildman–Crippen LogP) is 6.71. The zero-order chi connectivity index (χ0) is 32.4. The highest BCUT2D eigenvalue weighted by atomic mass is 35.5. The molecule has 0 atom stereocenters. The topological polar surface area (TPSA) is 124 Å². The lowest BCUT2D eigenvalue weighted by Gasteiger charge is -2.25. The molecule has 0 saturated carbocycles. The highest BCUT2D eigenvalue weighted by Gasteiger charge is 2.33. The molecule has 2 N–H and O–H groups in total. The number of hydrogen-bond acceptors (Lipinski definition) is 6. The molecule has 3 aromatic rings. The van der Waals surface area contributed by atoms with E-state index in [9.17, 15) is 25.9 Å². The van der Waals surface area contributed by atoms with Crippen LogP contribution in [-0.2, 0) is 33.3 Å². The van der Waals surface area contributed by atoms with Crippen LogP contribution in [0.1, 0.15) is 38.9 Å². The van der Waals surface area contributed by atoms with Gasteiger partial charge < -0.3 is 9.80 Å². The number of unbranched alkanes of at least 4 members (excludes halogenated alkanes) is 1. The second kappa shape index (κ2) is 14.2. The van der Waals surface area contributed by atoms with E-state index in [-0.39, 0.29) is 13.1 Å². The number of rotatable bonds is 13. The Kier molecular flexibility index (Phi) is 11.2. The minimum absolute atomic E-state index is 0.0481. The quantitative estimate of drug-likeness (QED) is 0.147. The van der Waals surface area contributed by atoms with Crippen molar-refractivity contribution in [2.75, 3.05) is 34.4 Å². The zero-order valence-corrected chi connectivity index (χ0v) is 28.7. The Morgan fingerprint density at radius 2 is 1.32 bits per heavy atom. The second-order valence-electron chi connectivity index (χ2n) is 10.3. The number of anilines is 2. The smallest absolute Gasteiger partial charge is 0.282 e. The standard InChI is InChI=1S/C28H32Cl4N4O6S2/c1-3-5-10-34-24-16-20(30)22(32)18-26(24)36(12-14-44(40,41)42)28(34)8-6-7-27-33(9-4-2)23-15-19(29)21(31)17-25(23)35(27)11-13-43(37,38)39/h6-8,15-18H,3-5,9-14H2,1-2H3,(H-,37,38,39,40,41,42)/p+1. The maximum absolute atomic E-state index is 11.7. The monoisotopic (exact) mass is 725 g/mol. The first kappa shape index (κ1) is 34.8. The van der Waals surface area contributed by atoms with Crippen molar-refractivity contribution in [2.24, 2.45) is 0 Å². The molecule has 2 heterocycles. The van der Waals surface area contributed by atoms with Crippen LogP contribution in [0, 0.1) is 0 Å². The minimum Gasteiger partial charge on any atom is -0.326 e. The number of nitrogens with zero attached hydrogens (tertiary/aromatic N) is 4. The van der Waals surface area contributed by atoms with Crippen LogP contribution in [0.25, 0.3) is 17.1 Å². The molecule has 16 heteroatoms. The van der Waals surface area contributed by atoms with Crippen LogP contribution in [-0.4, -0.2) is 55.1 Å². The highest BCUT2D eigenvalue weighted by molar-refractivity contribution is 7.86. The first-order chi connectivity index (χ1) is 20.6. The molecule has 0 amide bonds. The van der Waals surface area contributed by atoms with Gasteiger partial charge >= 0.3 is 0 Å². The summed E-state index contributed by atoms with van der Waals surface area (Å²) in [5, 5.41) is 1.29. The van der Waals surface area contributed by atoms with E-state index in [0.717, 1.165) is 30.5 Å². The molecule has 44 heavy (non-hydrogen) atoms. The van der Waals surface area contributed by atoms with Gasteiger partial charge in [0.05, 0.1) is 43.8 Å². The number of halogens is 4. The molecule has 0 unspecified atom stereocenters. The molecule has 0 bridgehead atoms. The number of allylic oxidation sites excluding steroid dienone is 2. The Morgan fingerprint density at radius 1 is 0.773 bits per heavy atom. The van der Waals surface area contributed by atoms with Gasteiger partial charge in [-0.25, -0.2) is 9.13 Å². The third-order valence-electron chi connectivity index (χ3n) is 7.12. The molecule has 1 aromatic heterocycles. The first-order valence-electron chi connectivity index (χ1n) is 13.9. The average molecular weight is 728 g/mol. The van der Waals surface area contributed by atoms with Gasteiger partial charge in [-0.05, 0) is 31.1 Å². The molecule has 1 aliphatic rings. The molecule has 1 aliphatic heterocycles. The molecule has 240 valence electrons. The Morgan fingerprint density at radius 3 is 1.89 bits per heavy atom. The fourth-order valence-electron chi connectivity index (χ4n) is 5.17. The van der Waals surface area contributed by atoms with E-state index in [4.69, 9.17) is 46.4 Å². The number of hydrogen-bond donors (Lipinski definition) is 2. The first-order valence-corrected chi connectivity index (χ1v) is 18.6. The lowest BCUT2D eigenvalue weighted by Crippen LogP contribution is -2.36. The average Bonchev–Trinajstić information content (AvgIpc) is 3.35. The van der Waals surface area contributed by atoms with Gasteiger partial charge in [-0.1, -0.05) is 72.7 Å². The third-order valence-corrected chi connectivity index (χ3v) is 9.96. The van der Waals surface area contributed by atoms with Crippen molar-refractivity contribution in [1.29, 1.82) is 0 Å². The van der Waals surface area contributed by atoms with Crippen LogP contribution in [0.4, 0.5) is 11.4 Å². The summed E-state index contributed by atoms with van der Waals surface area (Å²) >= 11 is 25.4. The number of fused-ring (bicyclic) bond motifs is 2. The van der Waals surface area contributed by atoms with Crippen molar-refractivity contribution in [3.05, 3.63) is 68.2 Å². The maximum Gasteiger partial charge on any atom is 0.282 e. The van der Waals surface area contributed by atoms with Gasteiger partial charge in [-0.3, -0.25) is 9.11 Å². The molecule has 2 aromatic carbocycles. The van der Waals surface area contributed by atoms with E-state index in [0.29, 0.717) is 56.0 Å². The number of aromatic nitrogens is 2. The summed E-state index contributed by atoms with van der Waals surface area (Å²) in [6, 6.07) is 6.79. The molecule has 0 saturated heterocycles. The van der Waals surface area contributed by atoms with Crippen molar-refractivity contribution < 1.29 is 30.5 Å². The Labute approximate surface area is 277 Å². The van der Waals surface area contributed by atoms with Gasteiger partial charge in [-0.2, -0.15) is 16.8 Å². The third kappa shape index (κ3) is 8.03. The molecule has 4 rings (SSSR count). The minimum atomic E-state index is -4.27. The van der Waals surface area contributed by atoms with E-state index in [1.807, 2.05) is 22.5 Å². The number of aryl methyl sites for hydroxylation is 2. The zero-order valence-electron chi connectivity index (χ0n) is 24.1. The summed E-state index contributed by atoms with van der Waals surface area (Å²) in [5.74, 6) is 0.236. The van der Waals surface area contributed by atoms with E-state index in [2.05, 4.69) is 6.92 Å². The van der Waals surface area contributed by atoms with Gasteiger partial charge in [0.1, 0.15) is 18.1 Å². The second-order valence-corrected chi connectivity index (χ2v) is 15.1. The highest BCUT2D eigenvalue weighted by Crippen LogP contribution is 2.45. The Hall–Kier alpha value is -2.03. The normalized spacial score (nSPS) is 15.0. The molecule has 0 spiro atoms. The van der Waals surface area contributed by atoms with Crippen LogP contribution in [0.2, 0.25) is 20.1 Å². The fraction of sp³-hybridized carbons (Fsp3) is 0.393. The van der Waals surface area contributed by atoms with Gasteiger partial charge in [0.25, 0.3) is 26.1 Å². The maximum atomic E-state index is 11.7. The molecule has 0 aliphatic carbocycles. The van der Waals surface area contributed by atoms with E-state index >= 15 is 0 Å². The van der Waals surface area contributed by atoms with Crippen LogP contribution in [0.15, 0.2) is 42.2 Å². The summed E-state index contributed by atoms with van der Waals surface area (Å²) in [6.45, 7) is 5.15. The fourth-order valence-corrected chi connectivity index (χ4v) is 6.63. The summed E-state index contributed by atoms with van der Waals surface area (Å²) < 4.78 is 69.7. The predicted molar refractivity (Wildman–Crippen MR) is 178 cm³/mol. The van der Waals surface area contributed by atoms with Crippen molar-refractivity contribution in [2.45, 2.75) is 46.2 Å². The molecule has 0 radical (unpaired) electrons. The van der Waals surface area contributed by atoms with Gasteiger partial charge in [0.2, 0.25) is 0 Å². The number of benzene rings is 2. The van der Waals surface area contributed by atoms with Crippen LogP contribution < -0.4 is 14.4 Å². The lowest BCUT2D eigenvalue weighted by molar-refractivity contribution is -0.674. The summed E-state index contributed by atoms with van der Waals surface area (Å²) in [7, 11) is -8.55. The van der Waals surface area contributed by atoms with E-state index in [1.54, 1.807) is 45.9 Å². The van der Waals surface area contributed by atoms with Crippen molar-refractivity contribution >= 4 is 95.1 Å². The van der Waals surface area contributed by atoms with Gasteiger partial charge in [-0.15, -0.1) is 0 Å². The van der Waals surface area contributed by atoms with Crippen molar-refractivity contribution in [1.82, 2.24) is 4.57 Å². The van der Waals surface area contributed by atoms with Crippen LogP contribution in [0.5, 0.6) is 0 Å². The summed E-state index contributed by atoms with van der Waals surface area (Å²) in [4.78, 5) is 3.78. The van der Waals surface area contributed by atoms with Crippen LogP contribution in [0.3, 0.4) is 0 Å². The Bertz CT molecular complexity index is 1840. The summed E-state index contributed by atoms with van der Waals surface area (Å²) in [6.07, 6.45) is 7.87. The SMILES string of the molecule is CCCCN1C(=CC=Cc2n(CCS(=O)(=O)O)c3cc(Cl)c(Cl)cc3[n+]2CCC)N(CCS(=O)(=O)O)c2cc(Cl)c(Cl)cc21. The number of imidazole rings is 1. The van der Waals surface area contributed by atoms with Gasteiger partial charge in [0.15, 0.2) is 11.0 Å². The van der Waals surface area contributed by atoms with E-state index < -0.39 is 31.7 Å². The molecular formula is C28H33Cl4N4O6S2+. The summed E-state index contributed by atoms with van der Waals surface area (Å²) in [5.41, 5.74) is 2.77. The molecular weight excluding hydrogens is 694 g/mol.